The fourth-order valence-electron chi connectivity index (χ4n) is 2.14. The molecule has 0 aromatic rings. The number of likely N-dealkylation sites (N-methyl/N-ethyl adjacent to an activating group) is 1. The molecular formula is C9H20ClN3. The summed E-state index contributed by atoms with van der Waals surface area (Å²) in [6, 6.07) is 0.832. The van der Waals surface area contributed by atoms with E-state index < -0.39 is 0 Å². The second kappa shape index (κ2) is 5.15. The lowest BCUT2D eigenvalue weighted by molar-refractivity contribution is 0.119. The van der Waals surface area contributed by atoms with Gasteiger partial charge in [0, 0.05) is 38.8 Å². The summed E-state index contributed by atoms with van der Waals surface area (Å²) in [6.45, 7) is 7.46. The van der Waals surface area contributed by atoms with Crippen LogP contribution in [0.2, 0.25) is 0 Å². The molecule has 2 aliphatic heterocycles. The third-order valence-corrected chi connectivity index (χ3v) is 3.09. The van der Waals surface area contributed by atoms with Crippen molar-refractivity contribution in [1.82, 2.24) is 15.1 Å². The summed E-state index contributed by atoms with van der Waals surface area (Å²) < 4.78 is 0. The van der Waals surface area contributed by atoms with Gasteiger partial charge in [-0.2, -0.15) is 0 Å². The van der Waals surface area contributed by atoms with Crippen LogP contribution in [-0.4, -0.2) is 62.2 Å². The van der Waals surface area contributed by atoms with Crippen LogP contribution in [0.4, 0.5) is 0 Å². The van der Waals surface area contributed by atoms with Crippen molar-refractivity contribution in [1.29, 1.82) is 0 Å². The third-order valence-electron chi connectivity index (χ3n) is 3.09. The molecule has 0 saturated carbocycles. The smallest absolute Gasteiger partial charge is 0.0233 e. The van der Waals surface area contributed by atoms with Crippen LogP contribution in [0, 0.1) is 0 Å². The fraction of sp³-hybridized carbons (Fsp3) is 1.00. The standard InChI is InChI=1S/C9H19N3.ClH/c1-11-4-6-12(7-5-11)9-2-3-10-8-9;/h9-10H,2-8H2,1H3;1H. The molecule has 2 fully saturated rings. The van der Waals surface area contributed by atoms with Gasteiger partial charge in [-0.3, -0.25) is 4.90 Å². The molecule has 0 amide bonds. The van der Waals surface area contributed by atoms with Gasteiger partial charge < -0.3 is 10.2 Å². The lowest BCUT2D eigenvalue weighted by Crippen LogP contribution is -2.49. The van der Waals surface area contributed by atoms with Crippen LogP contribution in [0.3, 0.4) is 0 Å². The molecule has 0 bridgehead atoms. The molecule has 1 N–H and O–H groups in total. The van der Waals surface area contributed by atoms with Gasteiger partial charge in [-0.25, -0.2) is 0 Å². The molecule has 1 atom stereocenters. The van der Waals surface area contributed by atoms with E-state index in [1.807, 2.05) is 0 Å². The topological polar surface area (TPSA) is 18.5 Å². The van der Waals surface area contributed by atoms with Gasteiger partial charge in [0.1, 0.15) is 0 Å². The summed E-state index contributed by atoms with van der Waals surface area (Å²) in [7, 11) is 2.21. The van der Waals surface area contributed by atoms with Crippen LogP contribution in [-0.2, 0) is 0 Å². The van der Waals surface area contributed by atoms with Crippen molar-refractivity contribution in [3.63, 3.8) is 0 Å². The third kappa shape index (κ3) is 2.81. The van der Waals surface area contributed by atoms with Crippen LogP contribution in [0.5, 0.6) is 0 Å². The van der Waals surface area contributed by atoms with Crippen molar-refractivity contribution in [2.75, 3.05) is 46.3 Å². The molecular weight excluding hydrogens is 186 g/mol. The summed E-state index contributed by atoms with van der Waals surface area (Å²) in [4.78, 5) is 5.05. The summed E-state index contributed by atoms with van der Waals surface area (Å²) in [5.41, 5.74) is 0. The van der Waals surface area contributed by atoms with Crippen LogP contribution >= 0.6 is 12.4 Å². The fourth-order valence-corrected chi connectivity index (χ4v) is 2.14. The number of nitrogens with one attached hydrogen (secondary N) is 1. The van der Waals surface area contributed by atoms with Crippen molar-refractivity contribution in [2.45, 2.75) is 12.5 Å². The Balaban J connectivity index is 0.000000845. The van der Waals surface area contributed by atoms with Crippen LogP contribution in [0.15, 0.2) is 0 Å². The Labute approximate surface area is 86.9 Å². The van der Waals surface area contributed by atoms with Gasteiger partial charge in [0.25, 0.3) is 0 Å². The molecule has 0 aliphatic carbocycles. The van der Waals surface area contributed by atoms with E-state index in [-0.39, 0.29) is 12.4 Å². The maximum atomic E-state index is 3.43. The Morgan fingerprint density at radius 2 is 1.85 bits per heavy atom. The molecule has 2 saturated heterocycles. The van der Waals surface area contributed by atoms with Gasteiger partial charge in [-0.1, -0.05) is 0 Å². The van der Waals surface area contributed by atoms with E-state index >= 15 is 0 Å². The predicted molar refractivity (Wildman–Crippen MR) is 57.6 cm³/mol. The first-order valence-electron chi connectivity index (χ1n) is 4.99. The molecule has 2 aliphatic rings. The van der Waals surface area contributed by atoms with Crippen molar-refractivity contribution in [3.8, 4) is 0 Å². The van der Waals surface area contributed by atoms with Crippen LogP contribution in [0.1, 0.15) is 6.42 Å². The zero-order valence-electron chi connectivity index (χ0n) is 8.33. The molecule has 2 heterocycles. The molecule has 4 heteroatoms. The highest BCUT2D eigenvalue weighted by molar-refractivity contribution is 5.85. The Kier molecular flexibility index (Phi) is 4.46. The van der Waals surface area contributed by atoms with Gasteiger partial charge >= 0.3 is 0 Å². The molecule has 0 aromatic heterocycles. The number of halogens is 1. The second-order valence-electron chi connectivity index (χ2n) is 3.99. The summed E-state index contributed by atoms with van der Waals surface area (Å²) >= 11 is 0. The van der Waals surface area contributed by atoms with Gasteiger partial charge in [0.05, 0.1) is 0 Å². The zero-order chi connectivity index (χ0) is 8.39. The minimum absolute atomic E-state index is 0. The lowest BCUT2D eigenvalue weighted by Gasteiger charge is -2.36. The number of piperazine rings is 1. The Hall–Kier alpha value is 0.170. The highest BCUT2D eigenvalue weighted by atomic mass is 35.5. The number of nitrogens with zero attached hydrogens (tertiary/aromatic N) is 2. The number of hydrogen-bond acceptors (Lipinski definition) is 3. The molecule has 0 spiro atoms. The highest BCUT2D eigenvalue weighted by Crippen LogP contribution is 2.10. The maximum absolute atomic E-state index is 3.43. The van der Waals surface area contributed by atoms with Gasteiger partial charge in [-0.15, -0.1) is 12.4 Å². The molecule has 0 aromatic carbocycles. The predicted octanol–water partition coefficient (Wildman–Crippen LogP) is 0.0175. The first-order valence-corrected chi connectivity index (χ1v) is 4.99. The quantitative estimate of drug-likeness (QED) is 0.651. The van der Waals surface area contributed by atoms with Gasteiger partial charge in [0.15, 0.2) is 0 Å². The second-order valence-corrected chi connectivity index (χ2v) is 3.99. The van der Waals surface area contributed by atoms with Gasteiger partial charge in [0.2, 0.25) is 0 Å². The van der Waals surface area contributed by atoms with Crippen LogP contribution < -0.4 is 5.32 Å². The van der Waals surface area contributed by atoms with E-state index in [2.05, 4.69) is 22.2 Å². The average Bonchev–Trinajstić information content (AvgIpc) is 2.58. The van der Waals surface area contributed by atoms with Crippen molar-refractivity contribution >= 4 is 12.4 Å². The average molecular weight is 206 g/mol. The minimum atomic E-state index is 0. The first-order chi connectivity index (χ1) is 5.86. The normalized spacial score (nSPS) is 31.6. The van der Waals surface area contributed by atoms with Crippen molar-refractivity contribution in [3.05, 3.63) is 0 Å². The molecule has 13 heavy (non-hydrogen) atoms. The Morgan fingerprint density at radius 1 is 1.15 bits per heavy atom. The van der Waals surface area contributed by atoms with E-state index in [1.165, 1.54) is 45.7 Å². The molecule has 78 valence electrons. The SMILES string of the molecule is CN1CCN(C2CCNC2)CC1.Cl. The minimum Gasteiger partial charge on any atom is -0.315 e. The van der Waals surface area contributed by atoms with E-state index in [0.717, 1.165) is 6.04 Å². The molecule has 1 unspecified atom stereocenters. The first kappa shape index (κ1) is 11.2. The molecule has 3 nitrogen and oxygen atoms in total. The summed E-state index contributed by atoms with van der Waals surface area (Å²) in [5, 5.41) is 3.43. The number of rotatable bonds is 1. The van der Waals surface area contributed by atoms with Crippen LogP contribution in [0.25, 0.3) is 0 Å². The van der Waals surface area contributed by atoms with E-state index in [1.54, 1.807) is 0 Å². The molecule has 2 rings (SSSR count). The number of hydrogen-bond donors (Lipinski definition) is 1. The summed E-state index contributed by atoms with van der Waals surface area (Å²) in [6.07, 6.45) is 1.35. The maximum Gasteiger partial charge on any atom is 0.0233 e. The van der Waals surface area contributed by atoms with E-state index in [9.17, 15) is 0 Å². The van der Waals surface area contributed by atoms with Gasteiger partial charge in [-0.05, 0) is 20.0 Å². The summed E-state index contributed by atoms with van der Waals surface area (Å²) in [5.74, 6) is 0. The molecule has 0 radical (unpaired) electrons. The van der Waals surface area contributed by atoms with E-state index in [0.29, 0.717) is 0 Å². The largest absolute Gasteiger partial charge is 0.315 e. The zero-order valence-corrected chi connectivity index (χ0v) is 9.15. The monoisotopic (exact) mass is 205 g/mol. The lowest BCUT2D eigenvalue weighted by atomic mass is 10.2. The highest BCUT2D eigenvalue weighted by Gasteiger charge is 2.24. The van der Waals surface area contributed by atoms with E-state index in [4.69, 9.17) is 0 Å². The van der Waals surface area contributed by atoms with Crippen molar-refractivity contribution < 1.29 is 0 Å². The Morgan fingerprint density at radius 3 is 2.38 bits per heavy atom. The Bertz CT molecular complexity index is 140. The van der Waals surface area contributed by atoms with Crippen molar-refractivity contribution in [2.24, 2.45) is 0 Å².